The van der Waals surface area contributed by atoms with Crippen molar-refractivity contribution in [3.05, 3.63) is 45.7 Å². The van der Waals surface area contributed by atoms with Crippen LogP contribution in [0.5, 0.6) is 0 Å². The molecule has 0 aliphatic carbocycles. The molecular formula is C18H22BrClN2OS. The number of amides is 1. The molecule has 1 amide bonds. The maximum absolute atomic E-state index is 12.7. The molecule has 130 valence electrons. The number of likely N-dealkylation sites (tertiary alicyclic amines) is 1. The van der Waals surface area contributed by atoms with Gasteiger partial charge in [-0.15, -0.1) is 23.7 Å². The molecule has 0 atom stereocenters. The number of carbonyl (C=O) groups is 1. The van der Waals surface area contributed by atoms with Gasteiger partial charge in [0.1, 0.15) is 0 Å². The predicted octanol–water partition coefficient (Wildman–Crippen LogP) is 4.67. The van der Waals surface area contributed by atoms with Crippen molar-refractivity contribution in [2.75, 3.05) is 26.7 Å². The Hall–Kier alpha value is -0.880. The summed E-state index contributed by atoms with van der Waals surface area (Å²) < 4.78 is 1.07. The van der Waals surface area contributed by atoms with Gasteiger partial charge in [0.25, 0.3) is 5.91 Å². The van der Waals surface area contributed by atoms with Gasteiger partial charge in [-0.05, 0) is 62.2 Å². The molecule has 2 heterocycles. The van der Waals surface area contributed by atoms with Gasteiger partial charge in [-0.25, -0.2) is 0 Å². The van der Waals surface area contributed by atoms with Gasteiger partial charge >= 0.3 is 0 Å². The van der Waals surface area contributed by atoms with Gasteiger partial charge in [-0.2, -0.15) is 0 Å². The van der Waals surface area contributed by atoms with E-state index < -0.39 is 0 Å². The minimum atomic E-state index is 0. The summed E-state index contributed by atoms with van der Waals surface area (Å²) in [6, 6.07) is 12.2. The molecule has 1 aliphatic rings. The molecule has 0 radical (unpaired) electrons. The van der Waals surface area contributed by atoms with E-state index in [2.05, 4.69) is 39.4 Å². The Morgan fingerprint density at radius 2 is 1.88 bits per heavy atom. The van der Waals surface area contributed by atoms with Crippen molar-refractivity contribution in [3.8, 4) is 10.4 Å². The smallest absolute Gasteiger partial charge is 0.263 e. The molecule has 6 heteroatoms. The van der Waals surface area contributed by atoms with Crippen LogP contribution in [-0.2, 0) is 0 Å². The molecule has 2 aromatic rings. The monoisotopic (exact) mass is 428 g/mol. The van der Waals surface area contributed by atoms with Crippen molar-refractivity contribution >= 4 is 45.6 Å². The number of hydrogen-bond donors (Lipinski definition) is 1. The molecule has 3 rings (SSSR count). The van der Waals surface area contributed by atoms with E-state index in [9.17, 15) is 4.79 Å². The molecule has 1 saturated heterocycles. The summed E-state index contributed by atoms with van der Waals surface area (Å²) in [6.45, 7) is 2.79. The number of thiophene rings is 1. The zero-order chi connectivity index (χ0) is 16.2. The molecule has 24 heavy (non-hydrogen) atoms. The highest BCUT2D eigenvalue weighted by Gasteiger charge is 2.24. The molecular weight excluding hydrogens is 408 g/mol. The zero-order valence-electron chi connectivity index (χ0n) is 13.6. The Bertz CT molecular complexity index is 666. The van der Waals surface area contributed by atoms with Gasteiger partial charge in [0.05, 0.1) is 4.88 Å². The van der Waals surface area contributed by atoms with Crippen LogP contribution >= 0.6 is 39.7 Å². The molecule has 1 aliphatic heterocycles. The highest BCUT2D eigenvalue weighted by molar-refractivity contribution is 9.10. The Morgan fingerprint density at radius 3 is 2.50 bits per heavy atom. The molecule has 1 fully saturated rings. The number of carbonyl (C=O) groups excluding carboxylic acids is 1. The fourth-order valence-corrected chi connectivity index (χ4v) is 4.25. The number of rotatable bonds is 4. The van der Waals surface area contributed by atoms with Crippen LogP contribution in [0.15, 0.2) is 40.9 Å². The second kappa shape index (κ2) is 8.99. The van der Waals surface area contributed by atoms with Crippen molar-refractivity contribution in [1.82, 2.24) is 10.2 Å². The van der Waals surface area contributed by atoms with Gasteiger partial charge < -0.3 is 10.2 Å². The average Bonchev–Trinajstić information content (AvgIpc) is 3.06. The average molecular weight is 430 g/mol. The highest BCUT2D eigenvalue weighted by Crippen LogP contribution is 2.30. The topological polar surface area (TPSA) is 32.3 Å². The molecule has 1 aromatic heterocycles. The predicted molar refractivity (Wildman–Crippen MR) is 107 cm³/mol. The van der Waals surface area contributed by atoms with Crippen molar-refractivity contribution in [3.63, 3.8) is 0 Å². The second-order valence-electron chi connectivity index (χ2n) is 5.96. The van der Waals surface area contributed by atoms with Crippen LogP contribution in [0.25, 0.3) is 10.4 Å². The third kappa shape index (κ3) is 4.60. The van der Waals surface area contributed by atoms with Gasteiger partial charge in [-0.1, -0.05) is 28.1 Å². The standard InChI is InChI=1S/C18H21BrN2OS.ClH/c1-20-12-13-8-10-21(11-9-13)18(22)17-7-6-16(23-17)14-2-4-15(19)5-3-14;/h2-7,13,20H,8-12H2,1H3;1H. The van der Waals surface area contributed by atoms with E-state index in [1.165, 1.54) is 0 Å². The lowest BCUT2D eigenvalue weighted by atomic mass is 9.97. The number of nitrogens with zero attached hydrogens (tertiary/aromatic N) is 1. The third-order valence-electron chi connectivity index (χ3n) is 4.34. The Kier molecular flexibility index (Phi) is 7.29. The summed E-state index contributed by atoms with van der Waals surface area (Å²) >= 11 is 5.04. The number of hydrogen-bond acceptors (Lipinski definition) is 3. The largest absolute Gasteiger partial charge is 0.338 e. The van der Waals surface area contributed by atoms with Gasteiger partial charge in [0.15, 0.2) is 0 Å². The summed E-state index contributed by atoms with van der Waals surface area (Å²) in [5.41, 5.74) is 1.16. The van der Waals surface area contributed by atoms with E-state index in [1.54, 1.807) is 11.3 Å². The lowest BCUT2D eigenvalue weighted by Crippen LogP contribution is -2.40. The van der Waals surface area contributed by atoms with E-state index in [-0.39, 0.29) is 18.3 Å². The summed E-state index contributed by atoms with van der Waals surface area (Å²) in [5.74, 6) is 0.881. The molecule has 3 nitrogen and oxygen atoms in total. The fraction of sp³-hybridized carbons (Fsp3) is 0.389. The van der Waals surface area contributed by atoms with E-state index in [0.29, 0.717) is 5.92 Å². The molecule has 0 spiro atoms. The number of piperidine rings is 1. The lowest BCUT2D eigenvalue weighted by molar-refractivity contribution is 0.0696. The van der Waals surface area contributed by atoms with E-state index in [1.807, 2.05) is 30.1 Å². The van der Waals surface area contributed by atoms with Crippen molar-refractivity contribution in [2.24, 2.45) is 5.92 Å². The SMILES string of the molecule is CNCC1CCN(C(=O)c2ccc(-c3ccc(Br)cc3)s2)CC1.Cl. The third-order valence-corrected chi connectivity index (χ3v) is 5.99. The van der Waals surface area contributed by atoms with Crippen LogP contribution in [0, 0.1) is 5.92 Å². The molecule has 0 bridgehead atoms. The van der Waals surface area contributed by atoms with Gasteiger partial charge in [-0.3, -0.25) is 4.79 Å². The van der Waals surface area contributed by atoms with Crippen molar-refractivity contribution in [2.45, 2.75) is 12.8 Å². The van der Waals surface area contributed by atoms with Crippen molar-refractivity contribution < 1.29 is 4.79 Å². The molecule has 1 N–H and O–H groups in total. The van der Waals surface area contributed by atoms with Crippen LogP contribution in [-0.4, -0.2) is 37.5 Å². The van der Waals surface area contributed by atoms with E-state index in [0.717, 1.165) is 52.3 Å². The summed E-state index contributed by atoms with van der Waals surface area (Å²) in [4.78, 5) is 16.7. The first-order chi connectivity index (χ1) is 11.2. The Labute approximate surface area is 162 Å². The van der Waals surface area contributed by atoms with Crippen LogP contribution < -0.4 is 5.32 Å². The van der Waals surface area contributed by atoms with Crippen LogP contribution in [0.4, 0.5) is 0 Å². The van der Waals surface area contributed by atoms with Crippen molar-refractivity contribution in [1.29, 1.82) is 0 Å². The first kappa shape index (κ1) is 19.4. The first-order valence-electron chi connectivity index (χ1n) is 7.97. The zero-order valence-corrected chi connectivity index (χ0v) is 16.8. The van der Waals surface area contributed by atoms with Crippen LogP contribution in [0.2, 0.25) is 0 Å². The maximum atomic E-state index is 12.7. The Morgan fingerprint density at radius 1 is 1.21 bits per heavy atom. The van der Waals surface area contributed by atoms with Gasteiger partial charge in [0.2, 0.25) is 0 Å². The number of nitrogens with one attached hydrogen (secondary N) is 1. The Balaban J connectivity index is 0.00000208. The highest BCUT2D eigenvalue weighted by atomic mass is 79.9. The summed E-state index contributed by atoms with van der Waals surface area (Å²) in [7, 11) is 1.99. The van der Waals surface area contributed by atoms with E-state index in [4.69, 9.17) is 0 Å². The summed E-state index contributed by atoms with van der Waals surface area (Å²) in [6.07, 6.45) is 2.19. The normalized spacial score (nSPS) is 15.2. The molecule has 0 unspecified atom stereocenters. The lowest BCUT2D eigenvalue weighted by Gasteiger charge is -2.31. The van der Waals surface area contributed by atoms with Crippen LogP contribution in [0.1, 0.15) is 22.5 Å². The quantitative estimate of drug-likeness (QED) is 0.766. The molecule has 0 saturated carbocycles. The first-order valence-corrected chi connectivity index (χ1v) is 9.58. The molecule has 1 aromatic carbocycles. The maximum Gasteiger partial charge on any atom is 0.263 e. The number of halogens is 2. The second-order valence-corrected chi connectivity index (χ2v) is 7.96. The summed E-state index contributed by atoms with van der Waals surface area (Å²) in [5, 5.41) is 3.23. The van der Waals surface area contributed by atoms with Gasteiger partial charge in [0, 0.05) is 22.4 Å². The minimum Gasteiger partial charge on any atom is -0.338 e. The fourth-order valence-electron chi connectivity index (χ4n) is 3.01. The van der Waals surface area contributed by atoms with Crippen LogP contribution in [0.3, 0.4) is 0 Å². The number of benzene rings is 1. The van der Waals surface area contributed by atoms with E-state index >= 15 is 0 Å². The minimum absolute atomic E-state index is 0.